The van der Waals surface area contributed by atoms with Gasteiger partial charge in [0.15, 0.2) is 6.04 Å². The number of carbonyl (C=O) groups is 2. The first-order valence-electron chi connectivity index (χ1n) is 5.40. The molecule has 0 saturated carbocycles. The van der Waals surface area contributed by atoms with E-state index in [-0.39, 0.29) is 12.5 Å². The van der Waals surface area contributed by atoms with Gasteiger partial charge in [0.05, 0.1) is 13.7 Å². The van der Waals surface area contributed by atoms with Gasteiger partial charge in [-0.2, -0.15) is 0 Å². The number of esters is 1. The van der Waals surface area contributed by atoms with E-state index < -0.39 is 12.0 Å². The number of amides is 1. The molecule has 16 heavy (non-hydrogen) atoms. The van der Waals surface area contributed by atoms with Gasteiger partial charge >= 0.3 is 5.97 Å². The van der Waals surface area contributed by atoms with E-state index in [4.69, 9.17) is 4.74 Å². The zero-order valence-corrected chi connectivity index (χ0v) is 10.4. The summed E-state index contributed by atoms with van der Waals surface area (Å²) in [6, 6.07) is -0.713. The molecule has 0 rings (SSSR count). The summed E-state index contributed by atoms with van der Waals surface area (Å²) in [4.78, 5) is 22.1. The second-order valence-corrected chi connectivity index (χ2v) is 4.03. The smallest absolute Gasteiger partial charge is 0.330 e. The average molecular weight is 231 g/mol. The Bertz CT molecular complexity index is 228. The highest BCUT2D eigenvalue weighted by Crippen LogP contribution is 1.99. The van der Waals surface area contributed by atoms with Gasteiger partial charge in [0.2, 0.25) is 5.91 Å². The summed E-state index contributed by atoms with van der Waals surface area (Å²) < 4.78 is 9.87. The van der Waals surface area contributed by atoms with Crippen molar-refractivity contribution in [1.29, 1.82) is 0 Å². The van der Waals surface area contributed by atoms with Crippen LogP contribution in [0.2, 0.25) is 0 Å². The highest BCUT2D eigenvalue weighted by atomic mass is 16.5. The Morgan fingerprint density at radius 1 is 1.31 bits per heavy atom. The standard InChI is InChI=1S/C11H21NO4/c1-8(2)5-6-16-7-10(11(14)15-4)12-9(3)13/h8,10H,5-7H2,1-4H3,(H,12,13). The SMILES string of the molecule is COC(=O)C(COCCC(C)C)NC(C)=O. The fraction of sp³-hybridized carbons (Fsp3) is 0.818. The molecule has 1 amide bonds. The van der Waals surface area contributed by atoms with Crippen molar-refractivity contribution in [2.45, 2.75) is 33.2 Å². The molecule has 0 spiro atoms. The average Bonchev–Trinajstić information content (AvgIpc) is 2.20. The van der Waals surface area contributed by atoms with Gasteiger partial charge in [0, 0.05) is 13.5 Å². The fourth-order valence-electron chi connectivity index (χ4n) is 1.08. The van der Waals surface area contributed by atoms with Crippen LogP contribution < -0.4 is 5.32 Å². The second kappa shape index (κ2) is 8.10. The van der Waals surface area contributed by atoms with Gasteiger partial charge in [0.1, 0.15) is 0 Å². The van der Waals surface area contributed by atoms with Crippen LogP contribution in [0.5, 0.6) is 0 Å². The van der Waals surface area contributed by atoms with E-state index in [1.807, 2.05) is 0 Å². The van der Waals surface area contributed by atoms with Gasteiger partial charge in [0.25, 0.3) is 0 Å². The summed E-state index contributed by atoms with van der Waals surface area (Å²) in [6.45, 7) is 6.26. The Kier molecular flexibility index (Phi) is 7.54. The molecule has 0 radical (unpaired) electrons. The number of rotatable bonds is 7. The van der Waals surface area contributed by atoms with E-state index in [1.54, 1.807) is 0 Å². The number of nitrogens with one attached hydrogen (secondary N) is 1. The Balaban J connectivity index is 3.92. The van der Waals surface area contributed by atoms with Gasteiger partial charge < -0.3 is 14.8 Å². The number of hydrogen-bond acceptors (Lipinski definition) is 4. The lowest BCUT2D eigenvalue weighted by Crippen LogP contribution is -2.43. The van der Waals surface area contributed by atoms with E-state index in [9.17, 15) is 9.59 Å². The predicted octanol–water partition coefficient (Wildman–Crippen LogP) is 0.727. The van der Waals surface area contributed by atoms with E-state index in [2.05, 4.69) is 23.9 Å². The van der Waals surface area contributed by atoms with Gasteiger partial charge in [-0.3, -0.25) is 4.79 Å². The van der Waals surface area contributed by atoms with Crippen molar-refractivity contribution in [1.82, 2.24) is 5.32 Å². The van der Waals surface area contributed by atoms with Crippen molar-refractivity contribution in [2.75, 3.05) is 20.3 Å². The molecule has 0 fully saturated rings. The van der Waals surface area contributed by atoms with Gasteiger partial charge in [-0.1, -0.05) is 13.8 Å². The first-order valence-corrected chi connectivity index (χ1v) is 5.40. The van der Waals surface area contributed by atoms with Crippen molar-refractivity contribution < 1.29 is 19.1 Å². The molecule has 1 atom stereocenters. The summed E-state index contributed by atoms with van der Waals surface area (Å²) >= 11 is 0. The minimum atomic E-state index is -0.713. The predicted molar refractivity (Wildman–Crippen MR) is 59.9 cm³/mol. The molecule has 1 unspecified atom stereocenters. The van der Waals surface area contributed by atoms with Crippen LogP contribution in [0.15, 0.2) is 0 Å². The maximum atomic E-state index is 11.3. The molecule has 1 N–H and O–H groups in total. The Morgan fingerprint density at radius 2 is 1.94 bits per heavy atom. The molecule has 0 aromatic heterocycles. The van der Waals surface area contributed by atoms with Crippen molar-refractivity contribution in [2.24, 2.45) is 5.92 Å². The first kappa shape index (κ1) is 14.9. The molecular formula is C11H21NO4. The molecule has 0 aromatic carbocycles. The number of methoxy groups -OCH3 is 1. The molecule has 94 valence electrons. The number of ether oxygens (including phenoxy) is 2. The Labute approximate surface area is 96.5 Å². The quantitative estimate of drug-likeness (QED) is 0.518. The lowest BCUT2D eigenvalue weighted by molar-refractivity contribution is -0.146. The van der Waals surface area contributed by atoms with Crippen molar-refractivity contribution in [3.8, 4) is 0 Å². The molecule has 0 saturated heterocycles. The third-order valence-corrected chi connectivity index (χ3v) is 1.99. The summed E-state index contributed by atoms with van der Waals surface area (Å²) in [7, 11) is 1.28. The monoisotopic (exact) mass is 231 g/mol. The van der Waals surface area contributed by atoms with Crippen LogP contribution >= 0.6 is 0 Å². The third-order valence-electron chi connectivity index (χ3n) is 1.99. The number of carbonyl (C=O) groups excluding carboxylic acids is 2. The van der Waals surface area contributed by atoms with Crippen LogP contribution in [0, 0.1) is 5.92 Å². The topological polar surface area (TPSA) is 64.6 Å². The maximum absolute atomic E-state index is 11.3. The minimum absolute atomic E-state index is 0.152. The molecule has 0 heterocycles. The summed E-state index contributed by atoms with van der Waals surface area (Å²) in [5.74, 6) is -0.208. The molecule has 0 aliphatic heterocycles. The molecule has 5 nitrogen and oxygen atoms in total. The van der Waals surface area contributed by atoms with E-state index in [0.29, 0.717) is 12.5 Å². The fourth-order valence-corrected chi connectivity index (χ4v) is 1.08. The molecule has 0 aromatic rings. The number of hydrogen-bond donors (Lipinski definition) is 1. The van der Waals surface area contributed by atoms with Crippen LogP contribution in [0.1, 0.15) is 27.2 Å². The van der Waals surface area contributed by atoms with Gasteiger partial charge in [-0.05, 0) is 12.3 Å². The van der Waals surface area contributed by atoms with Crippen LogP contribution in [-0.2, 0) is 19.1 Å². The van der Waals surface area contributed by atoms with E-state index >= 15 is 0 Å². The lowest BCUT2D eigenvalue weighted by atomic mass is 10.1. The van der Waals surface area contributed by atoms with Crippen molar-refractivity contribution in [3.05, 3.63) is 0 Å². The van der Waals surface area contributed by atoms with Crippen LogP contribution in [0.4, 0.5) is 0 Å². The highest BCUT2D eigenvalue weighted by molar-refractivity contribution is 5.83. The Hall–Kier alpha value is -1.10. The Morgan fingerprint density at radius 3 is 2.38 bits per heavy atom. The summed E-state index contributed by atoms with van der Waals surface area (Å²) in [5, 5.41) is 2.48. The zero-order chi connectivity index (χ0) is 12.6. The third kappa shape index (κ3) is 7.23. The van der Waals surface area contributed by atoms with Gasteiger partial charge in [-0.25, -0.2) is 4.79 Å². The van der Waals surface area contributed by atoms with Crippen molar-refractivity contribution in [3.63, 3.8) is 0 Å². The van der Waals surface area contributed by atoms with E-state index in [1.165, 1.54) is 14.0 Å². The van der Waals surface area contributed by atoms with Crippen LogP contribution in [0.3, 0.4) is 0 Å². The van der Waals surface area contributed by atoms with Crippen molar-refractivity contribution >= 4 is 11.9 Å². The molecule has 5 heteroatoms. The largest absolute Gasteiger partial charge is 0.467 e. The highest BCUT2D eigenvalue weighted by Gasteiger charge is 2.19. The lowest BCUT2D eigenvalue weighted by Gasteiger charge is -2.15. The maximum Gasteiger partial charge on any atom is 0.330 e. The molecular weight excluding hydrogens is 210 g/mol. The second-order valence-electron chi connectivity index (χ2n) is 4.03. The van der Waals surface area contributed by atoms with E-state index in [0.717, 1.165) is 6.42 Å². The summed E-state index contributed by atoms with van der Waals surface area (Å²) in [6.07, 6.45) is 0.925. The molecule has 0 aliphatic rings. The molecule has 0 bridgehead atoms. The molecule has 0 aliphatic carbocycles. The van der Waals surface area contributed by atoms with Crippen LogP contribution in [0.25, 0.3) is 0 Å². The summed E-state index contributed by atoms with van der Waals surface area (Å²) in [5.41, 5.74) is 0. The van der Waals surface area contributed by atoms with Crippen LogP contribution in [-0.4, -0.2) is 38.2 Å². The minimum Gasteiger partial charge on any atom is -0.467 e. The normalized spacial score (nSPS) is 12.3. The first-order chi connectivity index (χ1) is 7.47. The zero-order valence-electron chi connectivity index (χ0n) is 10.4. The van der Waals surface area contributed by atoms with Gasteiger partial charge in [-0.15, -0.1) is 0 Å².